The van der Waals surface area contributed by atoms with E-state index in [0.717, 1.165) is 51.1 Å². The number of hydrogen-bond donors (Lipinski definition) is 2. The van der Waals surface area contributed by atoms with E-state index in [0.29, 0.717) is 0 Å². The lowest BCUT2D eigenvalue weighted by atomic mass is 9.80. The number of aliphatic imine (C=N–C) groups is 1. The van der Waals surface area contributed by atoms with Gasteiger partial charge in [-0.2, -0.15) is 0 Å². The van der Waals surface area contributed by atoms with Crippen LogP contribution in [0.15, 0.2) is 29.3 Å². The van der Waals surface area contributed by atoms with Gasteiger partial charge in [0.1, 0.15) is 5.75 Å². The van der Waals surface area contributed by atoms with Gasteiger partial charge in [0, 0.05) is 38.8 Å². The minimum Gasteiger partial charge on any atom is -0.497 e. The standard InChI is InChI=1S/C24H41N5O2/c1-25-23(26-18-22(28(2)3)20-8-10-21(30-4)11-9-20)27-19-24(12-6-5-7-13-24)29-14-16-31-17-15-29/h8-11,22H,5-7,12-19H2,1-4H3,(H2,25,26,27). The topological polar surface area (TPSA) is 61.4 Å². The van der Waals surface area contributed by atoms with Crippen molar-refractivity contribution >= 4 is 5.96 Å². The number of hydrogen-bond acceptors (Lipinski definition) is 5. The number of guanidine groups is 1. The summed E-state index contributed by atoms with van der Waals surface area (Å²) in [7, 11) is 7.78. The maximum Gasteiger partial charge on any atom is 0.191 e. The highest BCUT2D eigenvalue weighted by Gasteiger charge is 2.38. The van der Waals surface area contributed by atoms with Gasteiger partial charge in [-0.1, -0.05) is 31.4 Å². The molecule has 1 saturated carbocycles. The Kier molecular flexibility index (Phi) is 8.99. The Morgan fingerprint density at radius 3 is 2.39 bits per heavy atom. The van der Waals surface area contributed by atoms with Crippen LogP contribution in [0.1, 0.15) is 43.7 Å². The summed E-state index contributed by atoms with van der Waals surface area (Å²) in [5.41, 5.74) is 1.47. The van der Waals surface area contributed by atoms with Crippen LogP contribution in [0.5, 0.6) is 5.75 Å². The van der Waals surface area contributed by atoms with Gasteiger partial charge in [0.15, 0.2) is 5.96 Å². The Labute approximate surface area is 188 Å². The summed E-state index contributed by atoms with van der Waals surface area (Å²) in [5, 5.41) is 7.22. The average Bonchev–Trinajstić information content (AvgIpc) is 2.82. The molecule has 2 N–H and O–H groups in total. The summed E-state index contributed by atoms with van der Waals surface area (Å²) >= 11 is 0. The molecular weight excluding hydrogens is 390 g/mol. The minimum atomic E-state index is 0.219. The smallest absolute Gasteiger partial charge is 0.191 e. The molecule has 2 aliphatic rings. The quantitative estimate of drug-likeness (QED) is 0.487. The van der Waals surface area contributed by atoms with Gasteiger partial charge >= 0.3 is 0 Å². The molecule has 0 amide bonds. The Morgan fingerprint density at radius 2 is 1.81 bits per heavy atom. The largest absolute Gasteiger partial charge is 0.497 e. The van der Waals surface area contributed by atoms with Crippen molar-refractivity contribution in [3.05, 3.63) is 29.8 Å². The Hall–Kier alpha value is -1.83. The molecule has 0 aromatic heterocycles. The summed E-state index contributed by atoms with van der Waals surface area (Å²) in [6, 6.07) is 8.56. The second-order valence-corrected chi connectivity index (χ2v) is 8.94. The van der Waals surface area contributed by atoms with Crippen LogP contribution in [0, 0.1) is 0 Å². The van der Waals surface area contributed by atoms with Gasteiger partial charge in [-0.15, -0.1) is 0 Å². The van der Waals surface area contributed by atoms with Crippen LogP contribution in [0.25, 0.3) is 0 Å². The molecule has 2 fully saturated rings. The van der Waals surface area contributed by atoms with E-state index in [1.165, 1.54) is 37.7 Å². The molecule has 7 nitrogen and oxygen atoms in total. The summed E-state index contributed by atoms with van der Waals surface area (Å²) in [4.78, 5) is 9.41. The van der Waals surface area contributed by atoms with Crippen molar-refractivity contribution in [2.75, 3.05) is 67.6 Å². The van der Waals surface area contributed by atoms with Crippen molar-refractivity contribution in [3.8, 4) is 5.75 Å². The van der Waals surface area contributed by atoms with E-state index in [-0.39, 0.29) is 11.6 Å². The van der Waals surface area contributed by atoms with Gasteiger partial charge in [-0.05, 0) is 44.6 Å². The lowest BCUT2D eigenvalue weighted by Crippen LogP contribution is -2.60. The molecule has 7 heteroatoms. The van der Waals surface area contributed by atoms with E-state index in [1.807, 2.05) is 19.2 Å². The third-order valence-electron chi connectivity index (χ3n) is 6.86. The average molecular weight is 432 g/mol. The minimum absolute atomic E-state index is 0.219. The maximum absolute atomic E-state index is 5.62. The van der Waals surface area contributed by atoms with Gasteiger partial charge in [-0.25, -0.2) is 0 Å². The van der Waals surface area contributed by atoms with E-state index in [1.54, 1.807) is 7.11 Å². The SMILES string of the molecule is CN=C(NCC(c1ccc(OC)cc1)N(C)C)NCC1(N2CCOCC2)CCCCC1. The highest BCUT2D eigenvalue weighted by molar-refractivity contribution is 5.79. The number of rotatable bonds is 8. The number of nitrogens with zero attached hydrogens (tertiary/aromatic N) is 3. The second kappa shape index (κ2) is 11.7. The fourth-order valence-corrected chi connectivity index (χ4v) is 4.94. The Morgan fingerprint density at radius 1 is 1.13 bits per heavy atom. The molecule has 0 bridgehead atoms. The number of likely N-dealkylation sites (N-methyl/N-ethyl adjacent to an activating group) is 1. The number of methoxy groups -OCH3 is 1. The zero-order valence-electron chi connectivity index (χ0n) is 19.8. The molecule has 1 aromatic carbocycles. The van der Waals surface area contributed by atoms with Crippen molar-refractivity contribution in [1.29, 1.82) is 0 Å². The van der Waals surface area contributed by atoms with Crippen molar-refractivity contribution in [3.63, 3.8) is 0 Å². The van der Waals surface area contributed by atoms with E-state index in [2.05, 4.69) is 51.7 Å². The van der Waals surface area contributed by atoms with Gasteiger partial charge in [0.05, 0.1) is 26.4 Å². The molecule has 1 saturated heterocycles. The van der Waals surface area contributed by atoms with Gasteiger partial charge < -0.3 is 25.0 Å². The number of ether oxygens (including phenoxy) is 2. The Balaban J connectivity index is 1.60. The zero-order valence-corrected chi connectivity index (χ0v) is 19.8. The molecule has 0 spiro atoms. The number of benzene rings is 1. The molecule has 1 aromatic rings. The molecule has 0 radical (unpaired) electrons. The summed E-state index contributed by atoms with van der Waals surface area (Å²) < 4.78 is 10.9. The van der Waals surface area contributed by atoms with Crippen molar-refractivity contribution in [2.24, 2.45) is 4.99 Å². The first kappa shape index (κ1) is 23.8. The lowest BCUT2D eigenvalue weighted by molar-refractivity contribution is -0.0352. The first-order chi connectivity index (χ1) is 15.1. The molecule has 31 heavy (non-hydrogen) atoms. The van der Waals surface area contributed by atoms with Gasteiger partial charge in [-0.3, -0.25) is 9.89 Å². The molecule has 1 aliphatic heterocycles. The maximum atomic E-state index is 5.62. The van der Waals surface area contributed by atoms with Crippen LogP contribution in [0.2, 0.25) is 0 Å². The van der Waals surface area contributed by atoms with E-state index >= 15 is 0 Å². The molecule has 1 atom stereocenters. The molecule has 1 heterocycles. The van der Waals surface area contributed by atoms with Crippen LogP contribution in [-0.4, -0.2) is 88.9 Å². The van der Waals surface area contributed by atoms with E-state index < -0.39 is 0 Å². The van der Waals surface area contributed by atoms with Gasteiger partial charge in [0.25, 0.3) is 0 Å². The predicted molar refractivity (Wildman–Crippen MR) is 127 cm³/mol. The zero-order chi connectivity index (χ0) is 22.1. The highest BCUT2D eigenvalue weighted by Crippen LogP contribution is 2.33. The third-order valence-corrected chi connectivity index (χ3v) is 6.86. The van der Waals surface area contributed by atoms with Crippen molar-refractivity contribution in [1.82, 2.24) is 20.4 Å². The van der Waals surface area contributed by atoms with Crippen LogP contribution in [0.3, 0.4) is 0 Å². The number of morpholine rings is 1. The molecule has 1 unspecified atom stereocenters. The van der Waals surface area contributed by atoms with Crippen LogP contribution >= 0.6 is 0 Å². The summed E-state index contributed by atoms with van der Waals surface area (Å²) in [6.45, 7) is 5.48. The van der Waals surface area contributed by atoms with Crippen LogP contribution in [-0.2, 0) is 4.74 Å². The van der Waals surface area contributed by atoms with Gasteiger partial charge in [0.2, 0.25) is 0 Å². The molecule has 1 aliphatic carbocycles. The van der Waals surface area contributed by atoms with Crippen molar-refractivity contribution in [2.45, 2.75) is 43.7 Å². The Bertz CT molecular complexity index is 680. The summed E-state index contributed by atoms with van der Waals surface area (Å²) in [6.07, 6.45) is 6.48. The lowest BCUT2D eigenvalue weighted by Gasteiger charge is -2.48. The first-order valence-electron chi connectivity index (χ1n) is 11.7. The monoisotopic (exact) mass is 431 g/mol. The predicted octanol–water partition coefficient (Wildman–Crippen LogP) is 2.50. The normalized spacial score (nSPS) is 21.0. The second-order valence-electron chi connectivity index (χ2n) is 8.94. The third kappa shape index (κ3) is 6.34. The fourth-order valence-electron chi connectivity index (χ4n) is 4.94. The highest BCUT2D eigenvalue weighted by atomic mass is 16.5. The molecule has 174 valence electrons. The van der Waals surface area contributed by atoms with E-state index in [4.69, 9.17) is 9.47 Å². The van der Waals surface area contributed by atoms with Crippen LogP contribution in [0.4, 0.5) is 0 Å². The molecule has 3 rings (SSSR count). The first-order valence-corrected chi connectivity index (χ1v) is 11.7. The molecular formula is C24H41N5O2. The van der Waals surface area contributed by atoms with E-state index in [9.17, 15) is 0 Å². The summed E-state index contributed by atoms with van der Waals surface area (Å²) in [5.74, 6) is 1.76. The van der Waals surface area contributed by atoms with Crippen molar-refractivity contribution < 1.29 is 9.47 Å². The fraction of sp³-hybridized carbons (Fsp3) is 0.708. The number of nitrogens with one attached hydrogen (secondary N) is 2. The van der Waals surface area contributed by atoms with Crippen LogP contribution < -0.4 is 15.4 Å².